The van der Waals surface area contributed by atoms with E-state index in [1.807, 2.05) is 29.2 Å². The number of benzene rings is 1. The number of carbonyl (C=O) groups is 1. The van der Waals surface area contributed by atoms with E-state index in [4.69, 9.17) is 5.73 Å². The molecule has 3 rings (SSSR count). The van der Waals surface area contributed by atoms with Crippen LogP contribution in [0.1, 0.15) is 27.9 Å². The minimum Gasteiger partial charge on any atom is -0.398 e. The van der Waals surface area contributed by atoms with E-state index < -0.39 is 0 Å². The van der Waals surface area contributed by atoms with Crippen LogP contribution in [-0.2, 0) is 13.0 Å². The number of hydrogen-bond acceptors (Lipinski definition) is 3. The molecule has 20 heavy (non-hydrogen) atoms. The van der Waals surface area contributed by atoms with Gasteiger partial charge in [0.2, 0.25) is 0 Å². The molecular weight excluding hydrogens is 250 g/mol. The van der Waals surface area contributed by atoms with Gasteiger partial charge in [-0.05, 0) is 42.2 Å². The summed E-state index contributed by atoms with van der Waals surface area (Å²) >= 11 is 0. The molecule has 102 valence electrons. The summed E-state index contributed by atoms with van der Waals surface area (Å²) in [6, 6.07) is 9.59. The lowest BCUT2D eigenvalue weighted by atomic mass is 10.0. The molecule has 1 aromatic carbocycles. The van der Waals surface area contributed by atoms with Crippen LogP contribution in [0.2, 0.25) is 0 Å². The van der Waals surface area contributed by atoms with Crippen molar-refractivity contribution in [1.82, 2.24) is 9.88 Å². The minimum absolute atomic E-state index is 0.0346. The average molecular weight is 267 g/mol. The second-order valence-electron chi connectivity index (χ2n) is 5.07. The third kappa shape index (κ3) is 2.37. The second kappa shape index (κ2) is 5.33. The first-order chi connectivity index (χ1) is 9.75. The molecule has 0 aliphatic carbocycles. The van der Waals surface area contributed by atoms with Gasteiger partial charge in [-0.15, -0.1) is 0 Å². The van der Waals surface area contributed by atoms with Crippen LogP contribution in [0, 0.1) is 0 Å². The van der Waals surface area contributed by atoms with Gasteiger partial charge in [-0.25, -0.2) is 0 Å². The molecule has 0 unspecified atom stereocenters. The number of nitrogens with two attached hydrogens (primary N) is 1. The van der Waals surface area contributed by atoms with Crippen molar-refractivity contribution in [2.24, 2.45) is 0 Å². The maximum atomic E-state index is 12.7. The zero-order valence-corrected chi connectivity index (χ0v) is 11.2. The van der Waals surface area contributed by atoms with Gasteiger partial charge in [0.1, 0.15) is 0 Å². The van der Waals surface area contributed by atoms with E-state index in [9.17, 15) is 4.79 Å². The van der Waals surface area contributed by atoms with Crippen molar-refractivity contribution in [2.45, 2.75) is 19.4 Å². The van der Waals surface area contributed by atoms with Crippen LogP contribution in [0.25, 0.3) is 0 Å². The van der Waals surface area contributed by atoms with Crippen molar-refractivity contribution < 1.29 is 4.79 Å². The van der Waals surface area contributed by atoms with E-state index in [0.717, 1.165) is 30.5 Å². The minimum atomic E-state index is 0.0346. The Bertz CT molecular complexity index is 625. The van der Waals surface area contributed by atoms with Crippen molar-refractivity contribution in [3.05, 3.63) is 59.4 Å². The zero-order chi connectivity index (χ0) is 13.9. The zero-order valence-electron chi connectivity index (χ0n) is 11.2. The summed E-state index contributed by atoms with van der Waals surface area (Å²) in [5, 5.41) is 0. The molecule has 2 heterocycles. The second-order valence-corrected chi connectivity index (χ2v) is 5.07. The van der Waals surface area contributed by atoms with Crippen LogP contribution in [-0.4, -0.2) is 22.3 Å². The topological polar surface area (TPSA) is 59.2 Å². The molecule has 2 aromatic rings. The standard InChI is InChI=1S/C16H17N3O/c17-14-5-1-3-13-4-2-10-19(16(20)15(13)14)11-12-6-8-18-9-7-12/h1,3,5-9H,2,4,10-11,17H2. The Hall–Kier alpha value is -2.36. The molecule has 1 aliphatic rings. The Morgan fingerprint density at radius 3 is 2.80 bits per heavy atom. The number of hydrogen-bond donors (Lipinski definition) is 1. The summed E-state index contributed by atoms with van der Waals surface area (Å²) < 4.78 is 0. The Labute approximate surface area is 118 Å². The van der Waals surface area contributed by atoms with Gasteiger partial charge in [0.25, 0.3) is 5.91 Å². The maximum absolute atomic E-state index is 12.7. The van der Waals surface area contributed by atoms with Gasteiger partial charge in [0.05, 0.1) is 5.56 Å². The summed E-state index contributed by atoms with van der Waals surface area (Å²) in [6.07, 6.45) is 5.37. The lowest BCUT2D eigenvalue weighted by Gasteiger charge is -2.21. The molecule has 1 aromatic heterocycles. The van der Waals surface area contributed by atoms with E-state index in [-0.39, 0.29) is 5.91 Å². The Kier molecular flexibility index (Phi) is 3.37. The molecule has 0 bridgehead atoms. The number of aromatic nitrogens is 1. The molecule has 0 saturated carbocycles. The molecule has 2 N–H and O–H groups in total. The van der Waals surface area contributed by atoms with Gasteiger partial charge in [0, 0.05) is 31.2 Å². The van der Waals surface area contributed by atoms with Gasteiger partial charge in [-0.1, -0.05) is 12.1 Å². The molecule has 1 amide bonds. The highest BCUT2D eigenvalue weighted by atomic mass is 16.2. The van der Waals surface area contributed by atoms with Crippen molar-refractivity contribution >= 4 is 11.6 Å². The molecule has 0 atom stereocenters. The number of amides is 1. The van der Waals surface area contributed by atoms with Crippen LogP contribution >= 0.6 is 0 Å². The smallest absolute Gasteiger partial charge is 0.256 e. The highest BCUT2D eigenvalue weighted by Crippen LogP contribution is 2.24. The molecule has 0 radical (unpaired) electrons. The summed E-state index contributed by atoms with van der Waals surface area (Å²) in [5.74, 6) is 0.0346. The average Bonchev–Trinajstić information content (AvgIpc) is 2.61. The summed E-state index contributed by atoms with van der Waals surface area (Å²) in [7, 11) is 0. The fourth-order valence-corrected chi connectivity index (χ4v) is 2.67. The van der Waals surface area contributed by atoms with Crippen molar-refractivity contribution in [3.63, 3.8) is 0 Å². The quantitative estimate of drug-likeness (QED) is 0.849. The maximum Gasteiger partial charge on any atom is 0.256 e. The van der Waals surface area contributed by atoms with E-state index >= 15 is 0 Å². The molecule has 1 aliphatic heterocycles. The van der Waals surface area contributed by atoms with Gasteiger partial charge < -0.3 is 10.6 Å². The third-order valence-electron chi connectivity index (χ3n) is 3.68. The fraction of sp³-hybridized carbons (Fsp3) is 0.250. The molecule has 0 spiro atoms. The summed E-state index contributed by atoms with van der Waals surface area (Å²) in [4.78, 5) is 18.6. The van der Waals surface area contributed by atoms with Crippen LogP contribution in [0.3, 0.4) is 0 Å². The first-order valence-electron chi connectivity index (χ1n) is 6.81. The highest BCUT2D eigenvalue weighted by molar-refractivity contribution is 6.00. The van der Waals surface area contributed by atoms with Crippen LogP contribution in [0.5, 0.6) is 0 Å². The number of aryl methyl sites for hydroxylation is 1. The van der Waals surface area contributed by atoms with E-state index in [2.05, 4.69) is 4.98 Å². The number of carbonyl (C=O) groups excluding carboxylic acids is 1. The number of pyridine rings is 1. The lowest BCUT2D eigenvalue weighted by Crippen LogP contribution is -2.31. The Balaban J connectivity index is 1.91. The highest BCUT2D eigenvalue weighted by Gasteiger charge is 2.24. The Morgan fingerprint density at radius 2 is 2.00 bits per heavy atom. The number of nitrogens with zero attached hydrogens (tertiary/aromatic N) is 2. The molecule has 0 fully saturated rings. The van der Waals surface area contributed by atoms with Gasteiger partial charge in [-0.2, -0.15) is 0 Å². The predicted octanol–water partition coefficient (Wildman–Crippen LogP) is 2.25. The van der Waals surface area contributed by atoms with Crippen molar-refractivity contribution in [2.75, 3.05) is 12.3 Å². The predicted molar refractivity (Wildman–Crippen MR) is 78.2 cm³/mol. The third-order valence-corrected chi connectivity index (χ3v) is 3.68. The van der Waals surface area contributed by atoms with Crippen molar-refractivity contribution in [3.8, 4) is 0 Å². The lowest BCUT2D eigenvalue weighted by molar-refractivity contribution is 0.0750. The summed E-state index contributed by atoms with van der Waals surface area (Å²) in [6.45, 7) is 1.37. The van der Waals surface area contributed by atoms with Gasteiger partial charge >= 0.3 is 0 Å². The SMILES string of the molecule is Nc1cccc2c1C(=O)N(Cc1ccncc1)CCC2. The first kappa shape index (κ1) is 12.7. The fourth-order valence-electron chi connectivity index (χ4n) is 2.67. The van der Waals surface area contributed by atoms with Crippen LogP contribution in [0.4, 0.5) is 5.69 Å². The van der Waals surface area contributed by atoms with Gasteiger partial charge in [-0.3, -0.25) is 9.78 Å². The van der Waals surface area contributed by atoms with Crippen LogP contribution < -0.4 is 5.73 Å². The number of rotatable bonds is 2. The Morgan fingerprint density at radius 1 is 1.20 bits per heavy atom. The van der Waals surface area contributed by atoms with Gasteiger partial charge in [0.15, 0.2) is 0 Å². The monoisotopic (exact) mass is 267 g/mol. The number of nitrogen functional groups attached to an aromatic ring is 1. The number of fused-ring (bicyclic) bond motifs is 1. The molecule has 4 heteroatoms. The van der Waals surface area contributed by atoms with E-state index in [1.165, 1.54) is 0 Å². The van der Waals surface area contributed by atoms with Crippen LogP contribution in [0.15, 0.2) is 42.7 Å². The summed E-state index contributed by atoms with van der Waals surface area (Å²) in [5.41, 5.74) is 9.41. The van der Waals surface area contributed by atoms with E-state index in [0.29, 0.717) is 17.8 Å². The van der Waals surface area contributed by atoms with Crippen molar-refractivity contribution in [1.29, 1.82) is 0 Å². The molecule has 0 saturated heterocycles. The normalized spacial score (nSPS) is 14.8. The number of anilines is 1. The largest absolute Gasteiger partial charge is 0.398 e. The first-order valence-corrected chi connectivity index (χ1v) is 6.81. The molecular formula is C16H17N3O. The van der Waals surface area contributed by atoms with E-state index in [1.54, 1.807) is 18.5 Å². The molecule has 4 nitrogen and oxygen atoms in total.